The SMILES string of the molecule is [CH2]c1cccc(Cn2nc(-c3ccc(Cl)cc3)n(C[C@@H](O)C(F)(F)F)c2=O)c1OCC. The van der Waals surface area contributed by atoms with Crippen LogP contribution in [0.4, 0.5) is 13.2 Å². The highest BCUT2D eigenvalue weighted by Crippen LogP contribution is 2.26. The van der Waals surface area contributed by atoms with Gasteiger partial charge in [0.1, 0.15) is 5.75 Å². The molecule has 2 aromatic carbocycles. The van der Waals surface area contributed by atoms with Crippen LogP contribution in [0, 0.1) is 6.92 Å². The zero-order valence-electron chi connectivity index (χ0n) is 16.6. The number of ether oxygens (including phenoxy) is 1. The van der Waals surface area contributed by atoms with Gasteiger partial charge in [-0.05, 0) is 43.7 Å². The van der Waals surface area contributed by atoms with Crippen molar-refractivity contribution in [1.29, 1.82) is 0 Å². The van der Waals surface area contributed by atoms with Crippen LogP contribution in [-0.4, -0.2) is 38.3 Å². The monoisotopic (exact) mass is 454 g/mol. The Labute approximate surface area is 181 Å². The van der Waals surface area contributed by atoms with Crippen molar-refractivity contribution in [3.8, 4) is 17.1 Å². The first-order valence-corrected chi connectivity index (χ1v) is 9.74. The summed E-state index contributed by atoms with van der Waals surface area (Å²) in [4.78, 5) is 13.0. The minimum Gasteiger partial charge on any atom is -0.493 e. The van der Waals surface area contributed by atoms with Gasteiger partial charge in [-0.25, -0.2) is 9.48 Å². The minimum atomic E-state index is -4.89. The number of hydrogen-bond acceptors (Lipinski definition) is 4. The minimum absolute atomic E-state index is 0.0197. The number of nitrogens with zero attached hydrogens (tertiary/aromatic N) is 3. The highest BCUT2D eigenvalue weighted by molar-refractivity contribution is 6.30. The van der Waals surface area contributed by atoms with Crippen LogP contribution in [-0.2, 0) is 13.1 Å². The van der Waals surface area contributed by atoms with Crippen LogP contribution < -0.4 is 10.4 Å². The predicted molar refractivity (Wildman–Crippen MR) is 110 cm³/mol. The lowest BCUT2D eigenvalue weighted by atomic mass is 10.1. The summed E-state index contributed by atoms with van der Waals surface area (Å²) in [5.41, 5.74) is 0.785. The number of rotatable bonds is 7. The van der Waals surface area contributed by atoms with Crippen LogP contribution in [0.1, 0.15) is 18.1 Å². The van der Waals surface area contributed by atoms with E-state index in [4.69, 9.17) is 16.3 Å². The Hall–Kier alpha value is -2.78. The maximum absolute atomic E-state index is 13.0. The lowest BCUT2D eigenvalue weighted by Crippen LogP contribution is -2.37. The molecule has 0 aliphatic carbocycles. The molecular formula is C21H20ClF3N3O3. The highest BCUT2D eigenvalue weighted by atomic mass is 35.5. The van der Waals surface area contributed by atoms with Crippen LogP contribution in [0.5, 0.6) is 5.75 Å². The number of aromatic nitrogens is 3. The Morgan fingerprint density at radius 1 is 1.23 bits per heavy atom. The molecule has 1 heterocycles. The number of alkyl halides is 3. The number of aliphatic hydroxyl groups is 1. The third-order valence-corrected chi connectivity index (χ3v) is 4.80. The fourth-order valence-electron chi connectivity index (χ4n) is 3.05. The Bertz CT molecular complexity index is 1110. The van der Waals surface area contributed by atoms with Gasteiger partial charge in [-0.1, -0.05) is 29.8 Å². The van der Waals surface area contributed by atoms with E-state index < -0.39 is 24.5 Å². The number of benzene rings is 2. The molecule has 0 saturated heterocycles. The van der Waals surface area contributed by atoms with E-state index in [0.29, 0.717) is 34.1 Å². The Morgan fingerprint density at radius 3 is 2.52 bits per heavy atom. The average Bonchev–Trinajstić information content (AvgIpc) is 3.00. The molecule has 0 saturated carbocycles. The van der Waals surface area contributed by atoms with Crippen LogP contribution in [0.15, 0.2) is 47.3 Å². The number of para-hydroxylation sites is 1. The summed E-state index contributed by atoms with van der Waals surface area (Å²) in [5.74, 6) is 0.462. The zero-order chi connectivity index (χ0) is 22.8. The molecule has 0 bridgehead atoms. The summed E-state index contributed by atoms with van der Waals surface area (Å²) in [6.45, 7) is 5.03. The summed E-state index contributed by atoms with van der Waals surface area (Å²) in [6.07, 6.45) is -7.61. The summed E-state index contributed by atoms with van der Waals surface area (Å²) >= 11 is 5.89. The van der Waals surface area contributed by atoms with Gasteiger partial charge in [-0.3, -0.25) is 4.57 Å². The standard InChI is InChI=1S/C21H20ClF3N3O3/c1-3-31-18-13(2)5-4-6-15(18)11-28-20(30)27(12-17(29)21(23,24)25)19(26-28)14-7-9-16(22)10-8-14/h4-10,17,29H,2-3,11-12H2,1H3/t17-/m1/s1. The van der Waals surface area contributed by atoms with Gasteiger partial charge in [0.25, 0.3) is 0 Å². The summed E-state index contributed by atoms with van der Waals surface area (Å²) in [6, 6.07) is 11.3. The number of hydrogen-bond donors (Lipinski definition) is 1. The molecule has 1 N–H and O–H groups in total. The molecule has 1 aromatic heterocycles. The fraction of sp³-hybridized carbons (Fsp3) is 0.286. The molecule has 3 rings (SSSR count). The van der Waals surface area contributed by atoms with Gasteiger partial charge in [-0.15, -0.1) is 5.10 Å². The first-order valence-electron chi connectivity index (χ1n) is 9.36. The van der Waals surface area contributed by atoms with Crippen LogP contribution in [0.25, 0.3) is 11.4 Å². The second-order valence-electron chi connectivity index (χ2n) is 6.78. The van der Waals surface area contributed by atoms with Gasteiger partial charge in [-0.2, -0.15) is 13.2 Å². The Kier molecular flexibility index (Phi) is 6.76. The van der Waals surface area contributed by atoms with Gasteiger partial charge in [0.2, 0.25) is 0 Å². The van der Waals surface area contributed by atoms with Crippen LogP contribution in [0.3, 0.4) is 0 Å². The number of halogens is 4. The lowest BCUT2D eigenvalue weighted by molar-refractivity contribution is -0.207. The molecule has 1 atom stereocenters. The maximum Gasteiger partial charge on any atom is 0.416 e. The van der Waals surface area contributed by atoms with Crippen molar-refractivity contribution in [3.63, 3.8) is 0 Å². The van der Waals surface area contributed by atoms with Crippen LogP contribution in [0.2, 0.25) is 5.02 Å². The molecule has 0 aliphatic heterocycles. The van der Waals surface area contributed by atoms with E-state index in [9.17, 15) is 23.1 Å². The summed E-state index contributed by atoms with van der Waals surface area (Å²) < 4.78 is 46.3. The normalized spacial score (nSPS) is 12.7. The van der Waals surface area contributed by atoms with Crippen molar-refractivity contribution in [2.45, 2.75) is 32.3 Å². The fourth-order valence-corrected chi connectivity index (χ4v) is 3.18. The second-order valence-corrected chi connectivity index (χ2v) is 7.21. The molecule has 31 heavy (non-hydrogen) atoms. The second kappa shape index (κ2) is 9.15. The first kappa shape index (κ1) is 22.9. The van der Waals surface area contributed by atoms with E-state index in [1.807, 2.05) is 0 Å². The van der Waals surface area contributed by atoms with Crippen molar-refractivity contribution in [3.05, 3.63) is 76.0 Å². The largest absolute Gasteiger partial charge is 0.493 e. The summed E-state index contributed by atoms with van der Waals surface area (Å²) in [7, 11) is 0. The first-order chi connectivity index (χ1) is 14.6. The maximum atomic E-state index is 13.0. The van der Waals surface area contributed by atoms with Crippen molar-refractivity contribution >= 4 is 11.6 Å². The molecular weight excluding hydrogens is 435 g/mol. The van der Waals surface area contributed by atoms with Crippen molar-refractivity contribution in [2.75, 3.05) is 6.61 Å². The molecule has 1 radical (unpaired) electrons. The zero-order valence-corrected chi connectivity index (χ0v) is 17.3. The van der Waals surface area contributed by atoms with E-state index >= 15 is 0 Å². The van der Waals surface area contributed by atoms with E-state index in [-0.39, 0.29) is 12.4 Å². The average molecular weight is 455 g/mol. The van der Waals surface area contributed by atoms with Gasteiger partial charge in [0.05, 0.1) is 19.7 Å². The molecule has 0 aliphatic rings. The van der Waals surface area contributed by atoms with Gasteiger partial charge >= 0.3 is 11.9 Å². The molecule has 10 heteroatoms. The van der Waals surface area contributed by atoms with Gasteiger partial charge < -0.3 is 9.84 Å². The van der Waals surface area contributed by atoms with E-state index in [1.165, 1.54) is 24.3 Å². The lowest BCUT2D eigenvalue weighted by Gasteiger charge is -2.15. The quantitative estimate of drug-likeness (QED) is 0.587. The molecule has 165 valence electrons. The van der Waals surface area contributed by atoms with E-state index in [1.54, 1.807) is 25.1 Å². The van der Waals surface area contributed by atoms with E-state index in [2.05, 4.69) is 12.0 Å². The molecule has 6 nitrogen and oxygen atoms in total. The van der Waals surface area contributed by atoms with Gasteiger partial charge in [0.15, 0.2) is 11.9 Å². The van der Waals surface area contributed by atoms with Crippen LogP contribution >= 0.6 is 11.6 Å². The molecule has 0 amide bonds. The topological polar surface area (TPSA) is 69.3 Å². The highest BCUT2D eigenvalue weighted by Gasteiger charge is 2.39. The molecule has 3 aromatic rings. The Morgan fingerprint density at radius 2 is 1.90 bits per heavy atom. The smallest absolute Gasteiger partial charge is 0.416 e. The third-order valence-electron chi connectivity index (χ3n) is 4.55. The Balaban J connectivity index is 2.08. The van der Waals surface area contributed by atoms with Gasteiger partial charge in [0, 0.05) is 16.1 Å². The van der Waals surface area contributed by atoms with Crippen molar-refractivity contribution in [1.82, 2.24) is 14.3 Å². The summed E-state index contributed by atoms with van der Waals surface area (Å²) in [5, 5.41) is 14.2. The van der Waals surface area contributed by atoms with E-state index in [0.717, 1.165) is 9.25 Å². The molecule has 0 unspecified atom stereocenters. The van der Waals surface area contributed by atoms with Crippen molar-refractivity contribution < 1.29 is 23.0 Å². The molecule has 0 fully saturated rings. The third kappa shape index (κ3) is 5.11. The predicted octanol–water partition coefficient (Wildman–Crippen LogP) is 3.92. The van der Waals surface area contributed by atoms with Crippen molar-refractivity contribution in [2.24, 2.45) is 0 Å². The number of aliphatic hydroxyl groups excluding tert-OH is 1. The molecule has 0 spiro atoms.